The molecule has 3 aromatic rings. The molecule has 0 aliphatic heterocycles. The molecule has 2 N–H and O–H groups in total. The maximum atomic E-state index is 11.9. The maximum absolute atomic E-state index is 11.9. The van der Waals surface area contributed by atoms with Gasteiger partial charge in [-0.15, -0.1) is 0 Å². The predicted molar refractivity (Wildman–Crippen MR) is 90.9 cm³/mol. The summed E-state index contributed by atoms with van der Waals surface area (Å²) in [5.74, 6) is 0.388. The maximum Gasteiger partial charge on any atom is 0.360 e. The highest BCUT2D eigenvalue weighted by Gasteiger charge is 2.22. The topological polar surface area (TPSA) is 113 Å². The molecular formula is C17H16N4O4. The number of esters is 1. The molecule has 3 aromatic heterocycles. The van der Waals surface area contributed by atoms with Gasteiger partial charge in [0.15, 0.2) is 17.3 Å². The van der Waals surface area contributed by atoms with Crippen LogP contribution in [0.2, 0.25) is 0 Å². The van der Waals surface area contributed by atoms with Crippen LogP contribution in [0.3, 0.4) is 0 Å². The molecule has 25 heavy (non-hydrogen) atoms. The molecule has 128 valence electrons. The number of anilines is 1. The molecule has 0 saturated carbocycles. The van der Waals surface area contributed by atoms with E-state index in [0.29, 0.717) is 28.5 Å². The number of rotatable bonds is 3. The molecule has 3 heterocycles. The van der Waals surface area contributed by atoms with Crippen molar-refractivity contribution in [1.82, 2.24) is 14.5 Å². The lowest BCUT2D eigenvalue weighted by Crippen LogP contribution is -2.15. The number of nitrogen functional groups attached to an aromatic ring is 1. The van der Waals surface area contributed by atoms with E-state index >= 15 is 0 Å². The number of aryl methyl sites for hydroxylation is 2. The normalized spacial score (nSPS) is 10.7. The van der Waals surface area contributed by atoms with Gasteiger partial charge in [-0.3, -0.25) is 4.79 Å². The summed E-state index contributed by atoms with van der Waals surface area (Å²) in [6.07, 6.45) is 1.60. The van der Waals surface area contributed by atoms with Crippen LogP contribution in [-0.2, 0) is 11.8 Å². The zero-order chi connectivity index (χ0) is 18.1. The van der Waals surface area contributed by atoms with Crippen LogP contribution in [0.15, 0.2) is 39.7 Å². The molecule has 0 bridgehead atoms. The van der Waals surface area contributed by atoms with Crippen molar-refractivity contribution < 1.29 is 13.9 Å². The van der Waals surface area contributed by atoms with Crippen LogP contribution < -0.4 is 11.3 Å². The van der Waals surface area contributed by atoms with E-state index in [2.05, 4.69) is 9.97 Å². The van der Waals surface area contributed by atoms with Gasteiger partial charge in [-0.05, 0) is 25.1 Å². The Morgan fingerprint density at radius 1 is 1.20 bits per heavy atom. The third-order valence-corrected chi connectivity index (χ3v) is 3.63. The van der Waals surface area contributed by atoms with Crippen molar-refractivity contribution in [2.24, 2.45) is 7.05 Å². The van der Waals surface area contributed by atoms with Gasteiger partial charge in [0.2, 0.25) is 5.56 Å². The predicted octanol–water partition coefficient (Wildman–Crippen LogP) is 1.78. The minimum atomic E-state index is -0.696. The summed E-state index contributed by atoms with van der Waals surface area (Å²) in [4.78, 5) is 32.2. The smallest absolute Gasteiger partial charge is 0.360 e. The van der Waals surface area contributed by atoms with Crippen LogP contribution in [0.1, 0.15) is 16.2 Å². The molecule has 0 aromatic carbocycles. The molecule has 0 radical (unpaired) electrons. The number of nitrogens with two attached hydrogens (primary N) is 1. The van der Waals surface area contributed by atoms with E-state index in [1.165, 1.54) is 17.7 Å². The highest BCUT2D eigenvalue weighted by atomic mass is 16.5. The Morgan fingerprint density at radius 2 is 1.96 bits per heavy atom. The Kier molecular flexibility index (Phi) is 4.10. The lowest BCUT2D eigenvalue weighted by molar-refractivity contribution is 0.0595. The Morgan fingerprint density at radius 3 is 2.56 bits per heavy atom. The number of methoxy groups -OCH3 is 1. The first kappa shape index (κ1) is 16.4. The standard InChI is InChI=1S/C17H16N4O4/c1-9-4-6-11(25-9)14-13(10-5-7-12(22)21(2)8-10)19-15(16(18)20-14)17(23)24-3/h4-8H,1-3H3,(H2,18,20). The summed E-state index contributed by atoms with van der Waals surface area (Å²) >= 11 is 0. The zero-order valence-electron chi connectivity index (χ0n) is 13.9. The van der Waals surface area contributed by atoms with E-state index in [9.17, 15) is 9.59 Å². The summed E-state index contributed by atoms with van der Waals surface area (Å²) < 4.78 is 11.7. The van der Waals surface area contributed by atoms with Gasteiger partial charge in [0.1, 0.15) is 17.1 Å². The molecular weight excluding hydrogens is 324 g/mol. The summed E-state index contributed by atoms with van der Waals surface area (Å²) in [5, 5.41) is 0. The van der Waals surface area contributed by atoms with Crippen LogP contribution in [0.5, 0.6) is 0 Å². The summed E-state index contributed by atoms with van der Waals surface area (Å²) in [7, 11) is 2.85. The average molecular weight is 340 g/mol. The van der Waals surface area contributed by atoms with E-state index in [-0.39, 0.29) is 17.1 Å². The number of carbonyl (C=O) groups excluding carboxylic acids is 1. The van der Waals surface area contributed by atoms with E-state index in [1.807, 2.05) is 0 Å². The van der Waals surface area contributed by atoms with Crippen molar-refractivity contribution in [3.05, 3.63) is 52.3 Å². The molecule has 0 unspecified atom stereocenters. The number of nitrogens with zero attached hydrogens (tertiary/aromatic N) is 3. The second-order valence-corrected chi connectivity index (χ2v) is 5.42. The molecule has 0 atom stereocenters. The number of pyridine rings is 1. The van der Waals surface area contributed by atoms with Gasteiger partial charge in [0.25, 0.3) is 0 Å². The van der Waals surface area contributed by atoms with Crippen molar-refractivity contribution >= 4 is 11.8 Å². The molecule has 3 rings (SSSR count). The van der Waals surface area contributed by atoms with Gasteiger partial charge in [0.05, 0.1) is 7.11 Å². The monoisotopic (exact) mass is 340 g/mol. The number of ether oxygens (including phenoxy) is 1. The van der Waals surface area contributed by atoms with Crippen molar-refractivity contribution in [1.29, 1.82) is 0 Å². The van der Waals surface area contributed by atoms with Gasteiger partial charge >= 0.3 is 5.97 Å². The van der Waals surface area contributed by atoms with Crippen LogP contribution >= 0.6 is 0 Å². The Labute approximate surface area is 142 Å². The van der Waals surface area contributed by atoms with Crippen molar-refractivity contribution in [2.45, 2.75) is 6.92 Å². The van der Waals surface area contributed by atoms with Gasteiger partial charge in [0, 0.05) is 24.9 Å². The zero-order valence-corrected chi connectivity index (χ0v) is 13.9. The summed E-state index contributed by atoms with van der Waals surface area (Å²) in [5.41, 5.74) is 6.92. The molecule has 0 aliphatic carbocycles. The number of aromatic nitrogens is 3. The van der Waals surface area contributed by atoms with Crippen LogP contribution in [0.25, 0.3) is 22.7 Å². The minimum absolute atomic E-state index is 0.0653. The molecule has 0 amide bonds. The second-order valence-electron chi connectivity index (χ2n) is 5.42. The van der Waals surface area contributed by atoms with Gasteiger partial charge in [-0.2, -0.15) is 0 Å². The molecule has 8 heteroatoms. The van der Waals surface area contributed by atoms with Gasteiger partial charge in [-0.1, -0.05) is 0 Å². The minimum Gasteiger partial charge on any atom is -0.464 e. The fraction of sp³-hybridized carbons (Fsp3) is 0.176. The van der Waals surface area contributed by atoms with Crippen molar-refractivity contribution in [2.75, 3.05) is 12.8 Å². The SMILES string of the molecule is COC(=O)c1nc(-c2ccc(=O)n(C)c2)c(-c2ccc(C)o2)nc1N. The Balaban J connectivity index is 2.30. The van der Waals surface area contributed by atoms with Gasteiger partial charge in [-0.25, -0.2) is 14.8 Å². The van der Waals surface area contributed by atoms with Crippen LogP contribution in [0, 0.1) is 6.92 Å². The first-order valence-electron chi connectivity index (χ1n) is 7.40. The largest absolute Gasteiger partial charge is 0.464 e. The first-order chi connectivity index (χ1) is 11.9. The second kappa shape index (κ2) is 6.23. The van der Waals surface area contributed by atoms with Crippen LogP contribution in [-0.4, -0.2) is 27.6 Å². The number of furan rings is 1. The van der Waals surface area contributed by atoms with E-state index in [1.54, 1.807) is 38.4 Å². The highest BCUT2D eigenvalue weighted by Crippen LogP contribution is 2.31. The summed E-state index contributed by atoms with van der Waals surface area (Å²) in [6, 6.07) is 6.53. The number of hydrogen-bond donors (Lipinski definition) is 1. The average Bonchev–Trinajstić information content (AvgIpc) is 3.03. The number of hydrogen-bond acceptors (Lipinski definition) is 7. The van der Waals surface area contributed by atoms with Crippen molar-refractivity contribution in [3.8, 4) is 22.7 Å². The Bertz CT molecular complexity index is 1020. The van der Waals surface area contributed by atoms with Gasteiger partial charge < -0.3 is 19.5 Å². The molecule has 0 aliphatic rings. The molecule has 0 saturated heterocycles. The van der Waals surface area contributed by atoms with Crippen LogP contribution in [0.4, 0.5) is 5.82 Å². The first-order valence-corrected chi connectivity index (χ1v) is 7.40. The molecule has 0 spiro atoms. The Hall–Kier alpha value is -3.42. The molecule has 8 nitrogen and oxygen atoms in total. The summed E-state index contributed by atoms with van der Waals surface area (Å²) in [6.45, 7) is 1.80. The quantitative estimate of drug-likeness (QED) is 0.723. The van der Waals surface area contributed by atoms with E-state index < -0.39 is 5.97 Å². The third-order valence-electron chi connectivity index (χ3n) is 3.63. The number of carbonyl (C=O) groups is 1. The fourth-order valence-corrected chi connectivity index (χ4v) is 2.36. The van der Waals surface area contributed by atoms with E-state index in [4.69, 9.17) is 14.9 Å². The molecule has 0 fully saturated rings. The lowest BCUT2D eigenvalue weighted by Gasteiger charge is -2.11. The third kappa shape index (κ3) is 3.01. The van der Waals surface area contributed by atoms with E-state index in [0.717, 1.165) is 0 Å². The van der Waals surface area contributed by atoms with Crippen molar-refractivity contribution in [3.63, 3.8) is 0 Å². The lowest BCUT2D eigenvalue weighted by atomic mass is 10.1. The highest BCUT2D eigenvalue weighted by molar-refractivity contribution is 5.93. The fourth-order valence-electron chi connectivity index (χ4n) is 2.36.